The van der Waals surface area contributed by atoms with E-state index in [1.165, 1.54) is 22.5 Å². The summed E-state index contributed by atoms with van der Waals surface area (Å²) in [5.41, 5.74) is 1.68. The minimum Gasteiger partial charge on any atom is -0.322 e. The van der Waals surface area contributed by atoms with Crippen LogP contribution in [0.1, 0.15) is 29.8 Å². The van der Waals surface area contributed by atoms with Crippen molar-refractivity contribution in [1.82, 2.24) is 4.31 Å². The van der Waals surface area contributed by atoms with E-state index in [0.717, 1.165) is 10.0 Å². The number of hydrogen-bond acceptors (Lipinski definition) is 3. The Bertz CT molecular complexity index is 928. The third-order valence-corrected chi connectivity index (χ3v) is 7.21. The Morgan fingerprint density at radius 3 is 2.38 bits per heavy atom. The lowest BCUT2D eigenvalue weighted by Crippen LogP contribution is -2.30. The Hall–Kier alpha value is -1.41. The molecule has 0 aliphatic rings. The van der Waals surface area contributed by atoms with Crippen molar-refractivity contribution in [1.29, 1.82) is 0 Å². The molecule has 8 heteroatoms. The number of amides is 1. The number of sulfonamides is 1. The number of benzene rings is 2. The highest BCUT2D eigenvalue weighted by Crippen LogP contribution is 2.25. The van der Waals surface area contributed by atoms with E-state index in [0.29, 0.717) is 18.8 Å². The smallest absolute Gasteiger partial charge is 0.257 e. The van der Waals surface area contributed by atoms with Crippen molar-refractivity contribution in [3.8, 4) is 0 Å². The van der Waals surface area contributed by atoms with E-state index in [2.05, 4.69) is 21.2 Å². The summed E-state index contributed by atoms with van der Waals surface area (Å²) in [6.45, 7) is 6.13. The molecule has 0 atom stereocenters. The lowest BCUT2D eigenvalue weighted by molar-refractivity contribution is 0.102. The van der Waals surface area contributed by atoms with Crippen LogP contribution in [0.25, 0.3) is 0 Å². The molecule has 140 valence electrons. The highest BCUT2D eigenvalue weighted by atomic mass is 79.9. The molecule has 0 aliphatic heterocycles. The van der Waals surface area contributed by atoms with Crippen LogP contribution in [0.15, 0.2) is 45.8 Å². The molecule has 0 radical (unpaired) electrons. The van der Waals surface area contributed by atoms with Gasteiger partial charge in [0.2, 0.25) is 10.0 Å². The summed E-state index contributed by atoms with van der Waals surface area (Å²) in [6.07, 6.45) is 0. The SMILES string of the molecule is CCN(CC)S(=O)(=O)c1ccc(Cl)c(C(=O)Nc2ccc(Br)c(C)c2)c1. The topological polar surface area (TPSA) is 66.5 Å². The second-order valence-corrected chi connectivity index (χ2v) is 8.85. The summed E-state index contributed by atoms with van der Waals surface area (Å²) < 4.78 is 27.6. The van der Waals surface area contributed by atoms with Crippen LogP contribution in [0.2, 0.25) is 5.02 Å². The molecule has 0 unspecified atom stereocenters. The first-order valence-corrected chi connectivity index (χ1v) is 10.7. The van der Waals surface area contributed by atoms with Gasteiger partial charge in [0.25, 0.3) is 5.91 Å². The van der Waals surface area contributed by atoms with Crippen LogP contribution in [-0.2, 0) is 10.0 Å². The maximum Gasteiger partial charge on any atom is 0.257 e. The largest absolute Gasteiger partial charge is 0.322 e. The summed E-state index contributed by atoms with van der Waals surface area (Å²) in [7, 11) is -3.67. The molecule has 0 aliphatic carbocycles. The fourth-order valence-corrected chi connectivity index (χ4v) is 4.41. The molecule has 5 nitrogen and oxygen atoms in total. The van der Waals surface area contributed by atoms with Crippen molar-refractivity contribution in [3.05, 3.63) is 57.0 Å². The standard InChI is InChI=1S/C18H20BrClN2O3S/c1-4-22(5-2)26(24,25)14-7-9-17(20)15(11-14)18(23)21-13-6-8-16(19)12(3)10-13/h6-11H,4-5H2,1-3H3,(H,21,23). The van der Waals surface area contributed by atoms with E-state index in [9.17, 15) is 13.2 Å². The third kappa shape index (κ3) is 4.46. The maximum atomic E-state index is 12.7. The molecule has 26 heavy (non-hydrogen) atoms. The van der Waals surface area contributed by atoms with E-state index in [4.69, 9.17) is 11.6 Å². The fraction of sp³-hybridized carbons (Fsp3) is 0.278. The second-order valence-electron chi connectivity index (χ2n) is 5.65. The zero-order valence-corrected chi connectivity index (χ0v) is 17.9. The number of halogens is 2. The monoisotopic (exact) mass is 458 g/mol. The molecule has 0 heterocycles. The molecule has 1 N–H and O–H groups in total. The van der Waals surface area contributed by atoms with Crippen molar-refractivity contribution >= 4 is 49.1 Å². The van der Waals surface area contributed by atoms with Gasteiger partial charge in [-0.25, -0.2) is 8.42 Å². The normalized spacial score (nSPS) is 11.6. The molecule has 1 amide bonds. The van der Waals surface area contributed by atoms with E-state index >= 15 is 0 Å². The third-order valence-electron chi connectivity index (χ3n) is 3.94. The molecule has 0 spiro atoms. The van der Waals surface area contributed by atoms with Gasteiger partial charge in [-0.15, -0.1) is 0 Å². The lowest BCUT2D eigenvalue weighted by atomic mass is 10.2. The van der Waals surface area contributed by atoms with Gasteiger partial charge in [0.05, 0.1) is 15.5 Å². The Morgan fingerprint density at radius 2 is 1.81 bits per heavy atom. The first kappa shape index (κ1) is 20.9. The summed E-state index contributed by atoms with van der Waals surface area (Å²) in [6, 6.07) is 9.55. The summed E-state index contributed by atoms with van der Waals surface area (Å²) in [4.78, 5) is 12.6. The lowest BCUT2D eigenvalue weighted by Gasteiger charge is -2.19. The van der Waals surface area contributed by atoms with Crippen molar-refractivity contribution in [2.45, 2.75) is 25.7 Å². The van der Waals surface area contributed by atoms with E-state index in [-0.39, 0.29) is 15.5 Å². The molecule has 0 fully saturated rings. The van der Waals surface area contributed by atoms with Gasteiger partial charge >= 0.3 is 0 Å². The first-order valence-electron chi connectivity index (χ1n) is 8.07. The molecule has 0 bridgehead atoms. The Kier molecular flexibility index (Phi) is 6.85. The van der Waals surface area contributed by atoms with Crippen molar-refractivity contribution < 1.29 is 13.2 Å². The Balaban J connectivity index is 2.37. The number of carbonyl (C=O) groups is 1. The van der Waals surface area contributed by atoms with Gasteiger partial charge in [0, 0.05) is 23.2 Å². The Labute approximate surface area is 167 Å². The van der Waals surface area contributed by atoms with Gasteiger partial charge in [-0.3, -0.25) is 4.79 Å². The average Bonchev–Trinajstić information content (AvgIpc) is 2.59. The van der Waals surface area contributed by atoms with Crippen molar-refractivity contribution in [2.24, 2.45) is 0 Å². The van der Waals surface area contributed by atoms with Crippen LogP contribution in [0.3, 0.4) is 0 Å². The zero-order chi connectivity index (χ0) is 19.5. The van der Waals surface area contributed by atoms with E-state index in [1.54, 1.807) is 19.9 Å². The molecule has 0 saturated heterocycles. The maximum absolute atomic E-state index is 12.7. The first-order chi connectivity index (χ1) is 12.2. The number of carbonyl (C=O) groups excluding carboxylic acids is 1. The summed E-state index contributed by atoms with van der Waals surface area (Å²) in [5.74, 6) is -0.465. The predicted octanol–water partition coefficient (Wildman–Crippen LogP) is 4.69. The van der Waals surface area contributed by atoms with Gasteiger partial charge in [0.1, 0.15) is 0 Å². The minimum atomic E-state index is -3.67. The molecule has 0 aromatic heterocycles. The highest BCUT2D eigenvalue weighted by Gasteiger charge is 2.24. The zero-order valence-electron chi connectivity index (χ0n) is 14.7. The highest BCUT2D eigenvalue weighted by molar-refractivity contribution is 9.10. The molecule has 2 rings (SSSR count). The van der Waals surface area contributed by atoms with Gasteiger partial charge < -0.3 is 5.32 Å². The van der Waals surface area contributed by atoms with E-state index in [1.807, 2.05) is 19.1 Å². The summed E-state index contributed by atoms with van der Waals surface area (Å²) in [5, 5.41) is 2.94. The minimum absolute atomic E-state index is 0.0442. The van der Waals surface area contributed by atoms with Gasteiger partial charge in [-0.2, -0.15) is 4.31 Å². The summed E-state index contributed by atoms with van der Waals surface area (Å²) >= 11 is 9.54. The number of nitrogens with one attached hydrogen (secondary N) is 1. The van der Waals surface area contributed by atoms with Gasteiger partial charge in [-0.1, -0.05) is 41.4 Å². The predicted molar refractivity (Wildman–Crippen MR) is 108 cm³/mol. The second kappa shape index (κ2) is 8.52. The van der Waals surface area contributed by atoms with Crippen LogP contribution < -0.4 is 5.32 Å². The van der Waals surface area contributed by atoms with Crippen LogP contribution in [0.5, 0.6) is 0 Å². The number of hydrogen-bond donors (Lipinski definition) is 1. The molecule has 2 aromatic carbocycles. The molecule has 2 aromatic rings. The molecular weight excluding hydrogens is 440 g/mol. The van der Waals surface area contributed by atoms with Crippen LogP contribution in [-0.4, -0.2) is 31.7 Å². The van der Waals surface area contributed by atoms with Gasteiger partial charge in [-0.05, 0) is 48.9 Å². The van der Waals surface area contributed by atoms with Gasteiger partial charge in [0.15, 0.2) is 0 Å². The Morgan fingerprint density at radius 1 is 1.15 bits per heavy atom. The number of rotatable bonds is 6. The van der Waals surface area contributed by atoms with Crippen LogP contribution in [0.4, 0.5) is 5.69 Å². The number of nitrogens with zero attached hydrogens (tertiary/aromatic N) is 1. The van der Waals surface area contributed by atoms with Crippen molar-refractivity contribution in [2.75, 3.05) is 18.4 Å². The van der Waals surface area contributed by atoms with Crippen molar-refractivity contribution in [3.63, 3.8) is 0 Å². The molecule has 0 saturated carbocycles. The molecular formula is C18H20BrClN2O3S. The number of aryl methyl sites for hydroxylation is 1. The average molecular weight is 460 g/mol. The van der Waals surface area contributed by atoms with E-state index < -0.39 is 15.9 Å². The van der Waals surface area contributed by atoms with Crippen LogP contribution in [0, 0.1) is 6.92 Å². The quantitative estimate of drug-likeness (QED) is 0.681. The van der Waals surface area contributed by atoms with Crippen LogP contribution >= 0.6 is 27.5 Å². The number of anilines is 1. The fourth-order valence-electron chi connectivity index (χ4n) is 2.47.